The van der Waals surface area contributed by atoms with Crippen LogP contribution in [0.4, 0.5) is 0 Å². The summed E-state index contributed by atoms with van der Waals surface area (Å²) in [6.45, 7) is 0.722. The van der Waals surface area contributed by atoms with Gasteiger partial charge in [0.2, 0.25) is 0 Å². The van der Waals surface area contributed by atoms with Gasteiger partial charge in [0.25, 0.3) is 0 Å². The SMILES string of the molecule is ClCCCCCCOc1ccc2c(c1)oc1cc(Cl)ccc12. The lowest BCUT2D eigenvalue weighted by atomic mass is 10.1. The molecule has 0 unspecified atom stereocenters. The highest BCUT2D eigenvalue weighted by Gasteiger charge is 2.08. The summed E-state index contributed by atoms with van der Waals surface area (Å²) in [6.07, 6.45) is 4.44. The largest absolute Gasteiger partial charge is 0.493 e. The molecule has 0 fully saturated rings. The molecule has 0 radical (unpaired) electrons. The summed E-state index contributed by atoms with van der Waals surface area (Å²) >= 11 is 11.7. The Morgan fingerprint density at radius 2 is 1.59 bits per heavy atom. The molecular formula is C18H18Cl2O2. The second-order valence-corrected chi connectivity index (χ2v) is 6.17. The number of hydrogen-bond donors (Lipinski definition) is 0. The average molecular weight is 337 g/mol. The molecule has 0 aliphatic carbocycles. The summed E-state index contributed by atoms with van der Waals surface area (Å²) < 4.78 is 11.6. The van der Waals surface area contributed by atoms with Gasteiger partial charge in [-0.25, -0.2) is 0 Å². The molecule has 22 heavy (non-hydrogen) atoms. The number of alkyl halides is 1. The fourth-order valence-electron chi connectivity index (χ4n) is 2.56. The van der Waals surface area contributed by atoms with Crippen LogP contribution in [0.25, 0.3) is 21.9 Å². The van der Waals surface area contributed by atoms with Crippen LogP contribution in [0.5, 0.6) is 5.75 Å². The quantitative estimate of drug-likeness (QED) is 0.367. The highest BCUT2D eigenvalue weighted by atomic mass is 35.5. The van der Waals surface area contributed by atoms with Gasteiger partial charge in [0, 0.05) is 33.8 Å². The van der Waals surface area contributed by atoms with Gasteiger partial charge in [0.15, 0.2) is 0 Å². The molecule has 0 spiro atoms. The van der Waals surface area contributed by atoms with Gasteiger partial charge in [-0.05, 0) is 37.1 Å². The Morgan fingerprint density at radius 1 is 0.864 bits per heavy atom. The smallest absolute Gasteiger partial charge is 0.139 e. The fourth-order valence-corrected chi connectivity index (χ4v) is 2.91. The predicted octanol–water partition coefficient (Wildman–Crippen LogP) is 6.42. The van der Waals surface area contributed by atoms with Crippen LogP contribution in [0, 0.1) is 0 Å². The Morgan fingerprint density at radius 3 is 2.41 bits per heavy atom. The molecule has 0 saturated carbocycles. The minimum Gasteiger partial charge on any atom is -0.493 e. The van der Waals surface area contributed by atoms with Gasteiger partial charge in [-0.15, -0.1) is 11.6 Å². The van der Waals surface area contributed by atoms with E-state index in [2.05, 4.69) is 0 Å². The number of unbranched alkanes of at least 4 members (excludes halogenated alkanes) is 3. The van der Waals surface area contributed by atoms with Crippen molar-refractivity contribution in [3.05, 3.63) is 41.4 Å². The number of ether oxygens (including phenoxy) is 1. The molecular weight excluding hydrogens is 319 g/mol. The van der Waals surface area contributed by atoms with Crippen molar-refractivity contribution in [2.45, 2.75) is 25.7 Å². The summed E-state index contributed by atoms with van der Waals surface area (Å²) in [4.78, 5) is 0. The molecule has 0 bridgehead atoms. The fraction of sp³-hybridized carbons (Fsp3) is 0.333. The predicted molar refractivity (Wildman–Crippen MR) is 93.4 cm³/mol. The average Bonchev–Trinajstić information content (AvgIpc) is 2.87. The van der Waals surface area contributed by atoms with Gasteiger partial charge in [-0.2, -0.15) is 0 Å². The van der Waals surface area contributed by atoms with Crippen molar-refractivity contribution in [1.29, 1.82) is 0 Å². The van der Waals surface area contributed by atoms with Crippen LogP contribution >= 0.6 is 23.2 Å². The highest BCUT2D eigenvalue weighted by molar-refractivity contribution is 6.31. The van der Waals surface area contributed by atoms with Crippen molar-refractivity contribution < 1.29 is 9.15 Å². The topological polar surface area (TPSA) is 22.4 Å². The van der Waals surface area contributed by atoms with Crippen LogP contribution in [-0.2, 0) is 0 Å². The van der Waals surface area contributed by atoms with Crippen molar-refractivity contribution in [3.63, 3.8) is 0 Å². The van der Waals surface area contributed by atoms with Gasteiger partial charge in [0.1, 0.15) is 16.9 Å². The minimum absolute atomic E-state index is 0.681. The van der Waals surface area contributed by atoms with E-state index in [0.29, 0.717) is 5.02 Å². The first-order chi connectivity index (χ1) is 10.8. The van der Waals surface area contributed by atoms with Gasteiger partial charge >= 0.3 is 0 Å². The van der Waals surface area contributed by atoms with E-state index in [1.165, 1.54) is 0 Å². The molecule has 3 rings (SSSR count). The standard InChI is InChI=1S/C18H18Cl2O2/c19-9-3-1-2-4-10-21-14-6-8-16-15-7-5-13(20)11-17(15)22-18(16)12-14/h5-8,11-12H,1-4,9-10H2. The van der Waals surface area contributed by atoms with Gasteiger partial charge in [-0.1, -0.05) is 24.4 Å². The molecule has 0 aliphatic rings. The number of benzene rings is 2. The Kier molecular flexibility index (Phi) is 5.12. The molecule has 0 atom stereocenters. The lowest BCUT2D eigenvalue weighted by molar-refractivity contribution is 0.305. The molecule has 0 amide bonds. The molecule has 4 heteroatoms. The third-order valence-electron chi connectivity index (χ3n) is 3.70. The van der Waals surface area contributed by atoms with E-state index in [4.69, 9.17) is 32.4 Å². The molecule has 2 aromatic carbocycles. The molecule has 1 aromatic heterocycles. The molecule has 3 aromatic rings. The maximum Gasteiger partial charge on any atom is 0.139 e. The lowest BCUT2D eigenvalue weighted by Crippen LogP contribution is -1.97. The first kappa shape index (κ1) is 15.5. The van der Waals surface area contributed by atoms with Crippen LogP contribution in [0.1, 0.15) is 25.7 Å². The molecule has 2 nitrogen and oxygen atoms in total. The first-order valence-electron chi connectivity index (χ1n) is 7.58. The van der Waals surface area contributed by atoms with Gasteiger partial charge < -0.3 is 9.15 Å². The third kappa shape index (κ3) is 3.50. The number of hydrogen-bond acceptors (Lipinski definition) is 2. The van der Waals surface area contributed by atoms with Crippen LogP contribution in [-0.4, -0.2) is 12.5 Å². The first-order valence-corrected chi connectivity index (χ1v) is 8.50. The maximum atomic E-state index is 6.01. The van der Waals surface area contributed by atoms with Crippen molar-refractivity contribution in [2.75, 3.05) is 12.5 Å². The molecule has 0 saturated heterocycles. The van der Waals surface area contributed by atoms with E-state index in [1.54, 1.807) is 0 Å². The van der Waals surface area contributed by atoms with Crippen LogP contribution in [0.2, 0.25) is 5.02 Å². The van der Waals surface area contributed by atoms with E-state index >= 15 is 0 Å². The zero-order chi connectivity index (χ0) is 15.4. The number of rotatable bonds is 7. The lowest BCUT2D eigenvalue weighted by Gasteiger charge is -2.05. The van der Waals surface area contributed by atoms with E-state index in [-0.39, 0.29) is 0 Å². The Balaban J connectivity index is 1.69. The van der Waals surface area contributed by atoms with E-state index in [0.717, 1.165) is 65.9 Å². The second-order valence-electron chi connectivity index (χ2n) is 5.35. The Labute approximate surface area is 139 Å². The summed E-state index contributed by atoms with van der Waals surface area (Å²) in [5.41, 5.74) is 1.64. The second kappa shape index (κ2) is 7.26. The van der Waals surface area contributed by atoms with Gasteiger partial charge in [-0.3, -0.25) is 0 Å². The van der Waals surface area contributed by atoms with Crippen molar-refractivity contribution >= 4 is 45.1 Å². The summed E-state index contributed by atoms with van der Waals surface area (Å²) in [7, 11) is 0. The van der Waals surface area contributed by atoms with E-state index in [9.17, 15) is 0 Å². The Bertz CT molecular complexity index is 764. The number of furan rings is 1. The molecule has 1 heterocycles. The van der Waals surface area contributed by atoms with E-state index in [1.807, 2.05) is 36.4 Å². The molecule has 0 aliphatic heterocycles. The third-order valence-corrected chi connectivity index (χ3v) is 4.21. The number of fused-ring (bicyclic) bond motifs is 3. The Hall–Kier alpha value is -1.38. The highest BCUT2D eigenvalue weighted by Crippen LogP contribution is 2.32. The van der Waals surface area contributed by atoms with Crippen LogP contribution < -0.4 is 4.74 Å². The minimum atomic E-state index is 0.681. The van der Waals surface area contributed by atoms with Crippen molar-refractivity contribution in [2.24, 2.45) is 0 Å². The zero-order valence-electron chi connectivity index (χ0n) is 12.3. The van der Waals surface area contributed by atoms with Crippen molar-refractivity contribution in [3.8, 4) is 5.75 Å². The van der Waals surface area contributed by atoms with Gasteiger partial charge in [0.05, 0.1) is 6.61 Å². The summed E-state index contributed by atoms with van der Waals surface area (Å²) in [5.74, 6) is 1.59. The maximum absolute atomic E-state index is 6.01. The number of halogens is 2. The molecule has 116 valence electrons. The summed E-state index contributed by atoms with van der Waals surface area (Å²) in [6, 6.07) is 11.7. The van der Waals surface area contributed by atoms with Crippen molar-refractivity contribution in [1.82, 2.24) is 0 Å². The monoisotopic (exact) mass is 336 g/mol. The summed E-state index contributed by atoms with van der Waals surface area (Å²) in [5, 5.41) is 2.84. The zero-order valence-corrected chi connectivity index (χ0v) is 13.8. The normalized spacial score (nSPS) is 11.4. The molecule has 0 N–H and O–H groups in total. The van der Waals surface area contributed by atoms with Crippen LogP contribution in [0.15, 0.2) is 40.8 Å². The van der Waals surface area contributed by atoms with E-state index < -0.39 is 0 Å². The van der Waals surface area contributed by atoms with Crippen LogP contribution in [0.3, 0.4) is 0 Å².